The van der Waals surface area contributed by atoms with E-state index < -0.39 is 23.4 Å². The van der Waals surface area contributed by atoms with Crippen molar-refractivity contribution in [2.45, 2.75) is 52.4 Å². The van der Waals surface area contributed by atoms with Crippen LogP contribution in [0.2, 0.25) is 0 Å². The molecular weight excluding hydrogens is 485 g/mol. The molecule has 2 aromatic carbocycles. The largest absolute Gasteiger partial charge is 0.444 e. The molecule has 1 aliphatic rings. The van der Waals surface area contributed by atoms with E-state index >= 15 is 0 Å². The molecule has 3 aromatic rings. The van der Waals surface area contributed by atoms with E-state index in [9.17, 15) is 18.0 Å². The number of halogens is 3. The third-order valence-corrected chi connectivity index (χ3v) is 6.21. The lowest BCUT2D eigenvalue weighted by Crippen LogP contribution is -2.50. The van der Waals surface area contributed by atoms with Gasteiger partial charge < -0.3 is 19.9 Å². The van der Waals surface area contributed by atoms with Crippen LogP contribution in [0.1, 0.15) is 50.4 Å². The van der Waals surface area contributed by atoms with Crippen LogP contribution in [0.5, 0.6) is 0 Å². The average molecular weight is 517 g/mol. The molecule has 1 saturated heterocycles. The molecule has 0 unspecified atom stereocenters. The molecule has 1 aromatic heterocycles. The summed E-state index contributed by atoms with van der Waals surface area (Å²) < 4.78 is 45.0. The maximum atomic E-state index is 13.2. The highest BCUT2D eigenvalue weighted by atomic mass is 19.4. The van der Waals surface area contributed by atoms with E-state index in [0.29, 0.717) is 48.5 Å². The van der Waals surface area contributed by atoms with Gasteiger partial charge in [0, 0.05) is 37.3 Å². The zero-order valence-electron chi connectivity index (χ0n) is 21.6. The average Bonchev–Trinajstić information content (AvgIpc) is 2.82. The van der Waals surface area contributed by atoms with Gasteiger partial charge in [0.05, 0.1) is 17.1 Å². The molecule has 0 aliphatic carbocycles. The highest BCUT2D eigenvalue weighted by molar-refractivity contribution is 5.92. The van der Waals surface area contributed by atoms with Crippen molar-refractivity contribution in [2.24, 2.45) is 0 Å². The minimum absolute atomic E-state index is 0.322. The summed E-state index contributed by atoms with van der Waals surface area (Å²) in [6, 6.07) is 8.65. The van der Waals surface area contributed by atoms with Gasteiger partial charge in [-0.1, -0.05) is 12.1 Å². The van der Waals surface area contributed by atoms with Crippen LogP contribution >= 0.6 is 0 Å². The summed E-state index contributed by atoms with van der Waals surface area (Å²) in [5.74, 6) is 0.434. The van der Waals surface area contributed by atoms with Crippen LogP contribution in [-0.4, -0.2) is 58.2 Å². The third-order valence-electron chi connectivity index (χ3n) is 6.21. The molecule has 2 heterocycles. The van der Waals surface area contributed by atoms with Crippen LogP contribution in [0.3, 0.4) is 0 Å². The second-order valence-electron chi connectivity index (χ2n) is 10.2. The summed E-state index contributed by atoms with van der Waals surface area (Å²) in [6.07, 6.45) is -4.74. The van der Waals surface area contributed by atoms with E-state index in [1.165, 1.54) is 6.07 Å². The van der Waals surface area contributed by atoms with Crippen molar-refractivity contribution in [3.63, 3.8) is 0 Å². The molecule has 37 heavy (non-hydrogen) atoms. The van der Waals surface area contributed by atoms with Gasteiger partial charge in [-0.2, -0.15) is 13.2 Å². The second kappa shape index (κ2) is 10.0. The summed E-state index contributed by atoms with van der Waals surface area (Å²) in [7, 11) is 0. The fourth-order valence-corrected chi connectivity index (χ4v) is 4.30. The number of rotatable bonds is 4. The lowest BCUT2D eigenvalue weighted by Gasteiger charge is -2.37. The van der Waals surface area contributed by atoms with Gasteiger partial charge in [0.1, 0.15) is 5.60 Å². The van der Waals surface area contributed by atoms with Crippen LogP contribution in [0, 0.1) is 6.92 Å². The summed E-state index contributed by atoms with van der Waals surface area (Å²) in [6.45, 7) is 11.6. The van der Waals surface area contributed by atoms with Crippen molar-refractivity contribution >= 4 is 28.5 Å². The van der Waals surface area contributed by atoms with Crippen LogP contribution in [0.25, 0.3) is 10.9 Å². The van der Waals surface area contributed by atoms with Crippen molar-refractivity contribution in [3.05, 3.63) is 53.1 Å². The molecule has 0 spiro atoms. The number of carbonyl (C=O) groups is 1. The number of aromatic nitrogens is 3. The Labute approximate surface area is 213 Å². The SMILES string of the molecule is Cc1cc2nnnc(N[C@H](C)c3cccc(C(F)(F)F)c3)c2cc1N1CCN(C(=O)OC(C)(C)C)CC1. The maximum Gasteiger partial charge on any atom is 0.416 e. The van der Waals surface area contributed by atoms with Gasteiger partial charge in [0.25, 0.3) is 0 Å². The number of benzene rings is 2. The number of ether oxygens (including phenoxy) is 1. The number of amides is 1. The first-order valence-electron chi connectivity index (χ1n) is 12.1. The highest BCUT2D eigenvalue weighted by Crippen LogP contribution is 2.33. The van der Waals surface area contributed by atoms with Crippen LogP contribution in [-0.2, 0) is 10.9 Å². The molecule has 1 fully saturated rings. The topological polar surface area (TPSA) is 83.5 Å². The maximum absolute atomic E-state index is 13.2. The van der Waals surface area contributed by atoms with E-state index in [2.05, 4.69) is 25.6 Å². The monoisotopic (exact) mass is 516 g/mol. The first kappa shape index (κ1) is 26.4. The molecule has 8 nitrogen and oxygen atoms in total. The fraction of sp³-hybridized carbons (Fsp3) is 0.462. The lowest BCUT2D eigenvalue weighted by atomic mass is 10.0. The number of fused-ring (bicyclic) bond motifs is 1. The smallest absolute Gasteiger partial charge is 0.416 e. The predicted molar refractivity (Wildman–Crippen MR) is 136 cm³/mol. The van der Waals surface area contributed by atoms with Gasteiger partial charge in [0.2, 0.25) is 0 Å². The van der Waals surface area contributed by atoms with Crippen molar-refractivity contribution in [2.75, 3.05) is 36.4 Å². The van der Waals surface area contributed by atoms with E-state index in [0.717, 1.165) is 23.4 Å². The molecule has 11 heteroatoms. The van der Waals surface area contributed by atoms with Crippen LogP contribution < -0.4 is 10.2 Å². The van der Waals surface area contributed by atoms with E-state index in [1.54, 1.807) is 17.9 Å². The molecule has 0 radical (unpaired) electrons. The molecule has 1 N–H and O–H groups in total. The number of anilines is 2. The molecule has 4 rings (SSSR count). The van der Waals surface area contributed by atoms with Crippen LogP contribution in [0.4, 0.5) is 29.5 Å². The number of hydrogen-bond acceptors (Lipinski definition) is 7. The molecule has 0 saturated carbocycles. The van der Waals surface area contributed by atoms with E-state index in [1.807, 2.05) is 39.8 Å². The standard InChI is InChI=1S/C26H31F3N6O2/c1-16-13-21-20(15-22(16)34-9-11-35(12-10-34)24(36)37-25(3,4)5)23(32-33-31-21)30-17(2)18-7-6-8-19(14-18)26(27,28)29/h6-8,13-15,17H,9-12H2,1-5H3,(H,30,31,32)/t17-/m1/s1. The van der Waals surface area contributed by atoms with Crippen molar-refractivity contribution in [1.82, 2.24) is 20.3 Å². The summed E-state index contributed by atoms with van der Waals surface area (Å²) in [5, 5.41) is 16.1. The molecule has 1 atom stereocenters. The minimum atomic E-state index is -4.42. The number of piperazine rings is 1. The van der Waals surface area contributed by atoms with Crippen molar-refractivity contribution in [3.8, 4) is 0 Å². The number of aryl methyl sites for hydroxylation is 1. The summed E-state index contributed by atoms with van der Waals surface area (Å²) in [4.78, 5) is 16.3. The van der Waals surface area contributed by atoms with E-state index in [4.69, 9.17) is 4.74 Å². The van der Waals surface area contributed by atoms with Gasteiger partial charge in [-0.3, -0.25) is 0 Å². The number of alkyl halides is 3. The Kier molecular flexibility index (Phi) is 7.16. The molecule has 1 aliphatic heterocycles. The Morgan fingerprint density at radius 1 is 1.05 bits per heavy atom. The first-order valence-corrected chi connectivity index (χ1v) is 12.1. The number of nitrogens with one attached hydrogen (secondary N) is 1. The Morgan fingerprint density at radius 2 is 1.76 bits per heavy atom. The zero-order valence-corrected chi connectivity index (χ0v) is 21.6. The Balaban J connectivity index is 1.55. The normalized spacial score (nSPS) is 15.6. The zero-order chi connectivity index (χ0) is 27.0. The second-order valence-corrected chi connectivity index (χ2v) is 10.2. The lowest BCUT2D eigenvalue weighted by molar-refractivity contribution is -0.137. The summed E-state index contributed by atoms with van der Waals surface area (Å²) >= 11 is 0. The van der Waals surface area contributed by atoms with Crippen molar-refractivity contribution < 1.29 is 22.7 Å². The van der Waals surface area contributed by atoms with Gasteiger partial charge >= 0.3 is 12.3 Å². The number of hydrogen-bond donors (Lipinski definition) is 1. The number of nitrogens with zero attached hydrogens (tertiary/aromatic N) is 5. The number of carbonyl (C=O) groups excluding carboxylic acids is 1. The fourth-order valence-electron chi connectivity index (χ4n) is 4.30. The Hall–Kier alpha value is -3.63. The third kappa shape index (κ3) is 6.20. The first-order chi connectivity index (χ1) is 17.3. The quantitative estimate of drug-likeness (QED) is 0.485. The van der Waals surface area contributed by atoms with E-state index in [-0.39, 0.29) is 6.09 Å². The van der Waals surface area contributed by atoms with Crippen LogP contribution in [0.15, 0.2) is 36.4 Å². The van der Waals surface area contributed by atoms with Gasteiger partial charge in [-0.05, 0) is 75.2 Å². The minimum Gasteiger partial charge on any atom is -0.444 e. The van der Waals surface area contributed by atoms with Gasteiger partial charge in [-0.25, -0.2) is 4.79 Å². The van der Waals surface area contributed by atoms with Gasteiger partial charge in [-0.15, -0.1) is 10.2 Å². The highest BCUT2D eigenvalue weighted by Gasteiger charge is 2.31. The molecule has 1 amide bonds. The predicted octanol–water partition coefficient (Wildman–Crippen LogP) is 5.58. The van der Waals surface area contributed by atoms with Gasteiger partial charge in [0.15, 0.2) is 5.82 Å². The molecular formula is C26H31F3N6O2. The molecule has 0 bridgehead atoms. The Bertz CT molecular complexity index is 1280. The summed E-state index contributed by atoms with van der Waals surface area (Å²) in [5.41, 5.74) is 1.82. The van der Waals surface area contributed by atoms with Crippen molar-refractivity contribution in [1.29, 1.82) is 0 Å². The Morgan fingerprint density at radius 3 is 2.41 bits per heavy atom. The molecule has 198 valence electrons.